The lowest BCUT2D eigenvalue weighted by atomic mass is 10.0. The summed E-state index contributed by atoms with van der Waals surface area (Å²) in [6.07, 6.45) is 7.82. The first-order chi connectivity index (χ1) is 9.16. The van der Waals surface area contributed by atoms with Crippen molar-refractivity contribution in [3.8, 4) is 0 Å². The number of aromatic nitrogens is 1. The topological polar surface area (TPSA) is 94.1 Å². The minimum Gasteiger partial charge on any atom is -0.378 e. The molecule has 1 aliphatic carbocycles. The van der Waals surface area contributed by atoms with Gasteiger partial charge in [-0.2, -0.15) is 0 Å². The first-order valence-corrected chi connectivity index (χ1v) is 6.81. The normalized spacial score (nSPS) is 15.6. The van der Waals surface area contributed by atoms with Crippen molar-refractivity contribution in [2.75, 3.05) is 17.6 Å². The minimum absolute atomic E-state index is 0.0363. The molecule has 0 aliphatic heterocycles. The Bertz CT molecular complexity index is 444. The monoisotopic (exact) mass is 264 g/mol. The van der Waals surface area contributed by atoms with Crippen LogP contribution < -0.4 is 11.1 Å². The first-order valence-electron chi connectivity index (χ1n) is 6.81. The van der Waals surface area contributed by atoms with Crippen molar-refractivity contribution in [1.29, 1.82) is 0 Å². The second-order valence-electron chi connectivity index (χ2n) is 5.08. The number of nitro groups is 1. The standard InChI is InChI=1S/C13H20N4O2/c14-13-11(17(18)19)7-8-12(16-13)15-9-3-6-10-4-1-2-5-10/h7-8,10H,1-6,9H2,(H3,14,15,16). The molecule has 0 saturated heterocycles. The van der Waals surface area contributed by atoms with E-state index < -0.39 is 4.92 Å². The molecule has 0 amide bonds. The van der Waals surface area contributed by atoms with Crippen LogP contribution in [0.5, 0.6) is 0 Å². The van der Waals surface area contributed by atoms with E-state index in [1.165, 1.54) is 38.2 Å². The van der Waals surface area contributed by atoms with E-state index in [1.807, 2.05) is 0 Å². The predicted octanol–water partition coefficient (Wildman–Crippen LogP) is 2.95. The zero-order valence-electron chi connectivity index (χ0n) is 11.0. The SMILES string of the molecule is Nc1nc(NCCCC2CCCC2)ccc1[N+](=O)[O-]. The molecular formula is C13H20N4O2. The van der Waals surface area contributed by atoms with Gasteiger partial charge in [0.15, 0.2) is 0 Å². The first kappa shape index (κ1) is 13.6. The predicted molar refractivity (Wildman–Crippen MR) is 75.0 cm³/mol. The second kappa shape index (κ2) is 6.36. The van der Waals surface area contributed by atoms with Crippen LogP contribution in [-0.2, 0) is 0 Å². The molecule has 1 saturated carbocycles. The summed E-state index contributed by atoms with van der Waals surface area (Å²) in [6, 6.07) is 2.99. The van der Waals surface area contributed by atoms with Crippen molar-refractivity contribution in [3.63, 3.8) is 0 Å². The summed E-state index contributed by atoms with van der Waals surface area (Å²) in [6.45, 7) is 0.834. The Morgan fingerprint density at radius 3 is 2.79 bits per heavy atom. The number of nitrogens with zero attached hydrogens (tertiary/aromatic N) is 2. The van der Waals surface area contributed by atoms with Crippen molar-refractivity contribution >= 4 is 17.3 Å². The Labute approximate surface area is 112 Å². The molecule has 1 aromatic rings. The van der Waals surface area contributed by atoms with E-state index in [0.717, 1.165) is 18.9 Å². The van der Waals surface area contributed by atoms with Gasteiger partial charge in [0, 0.05) is 12.6 Å². The number of rotatable bonds is 6. The molecule has 0 spiro atoms. The van der Waals surface area contributed by atoms with Gasteiger partial charge in [-0.3, -0.25) is 10.1 Å². The van der Waals surface area contributed by atoms with Crippen molar-refractivity contribution in [2.45, 2.75) is 38.5 Å². The second-order valence-corrected chi connectivity index (χ2v) is 5.08. The van der Waals surface area contributed by atoms with E-state index in [1.54, 1.807) is 6.07 Å². The quantitative estimate of drug-likeness (QED) is 0.468. The van der Waals surface area contributed by atoms with E-state index in [0.29, 0.717) is 5.82 Å². The molecule has 0 atom stereocenters. The molecule has 3 N–H and O–H groups in total. The summed E-state index contributed by atoms with van der Waals surface area (Å²) in [5.74, 6) is 1.46. The van der Waals surface area contributed by atoms with Crippen molar-refractivity contribution in [1.82, 2.24) is 4.98 Å². The van der Waals surface area contributed by atoms with E-state index in [2.05, 4.69) is 10.3 Å². The number of nitrogen functional groups attached to an aromatic ring is 1. The average molecular weight is 264 g/mol. The van der Waals surface area contributed by atoms with Gasteiger partial charge in [0.05, 0.1) is 4.92 Å². The highest BCUT2D eigenvalue weighted by atomic mass is 16.6. The van der Waals surface area contributed by atoms with Gasteiger partial charge >= 0.3 is 5.69 Å². The van der Waals surface area contributed by atoms with Crippen LogP contribution in [0.4, 0.5) is 17.3 Å². The fourth-order valence-corrected chi connectivity index (χ4v) is 2.63. The lowest BCUT2D eigenvalue weighted by molar-refractivity contribution is -0.384. The minimum atomic E-state index is -0.522. The summed E-state index contributed by atoms with van der Waals surface area (Å²) in [5, 5.41) is 13.8. The Morgan fingerprint density at radius 2 is 2.16 bits per heavy atom. The zero-order valence-corrected chi connectivity index (χ0v) is 11.0. The van der Waals surface area contributed by atoms with Gasteiger partial charge in [0.2, 0.25) is 5.82 Å². The van der Waals surface area contributed by atoms with Crippen LogP contribution in [0.2, 0.25) is 0 Å². The van der Waals surface area contributed by atoms with Gasteiger partial charge in [0.1, 0.15) is 5.82 Å². The molecule has 1 aliphatic rings. The molecule has 6 nitrogen and oxygen atoms in total. The lowest BCUT2D eigenvalue weighted by Crippen LogP contribution is -2.07. The van der Waals surface area contributed by atoms with E-state index in [4.69, 9.17) is 5.73 Å². The Hall–Kier alpha value is -1.85. The third-order valence-corrected chi connectivity index (χ3v) is 3.67. The maximum absolute atomic E-state index is 10.6. The van der Waals surface area contributed by atoms with Gasteiger partial charge in [-0.25, -0.2) is 4.98 Å². The third kappa shape index (κ3) is 3.81. The van der Waals surface area contributed by atoms with Crippen molar-refractivity contribution in [2.24, 2.45) is 5.92 Å². The Morgan fingerprint density at radius 1 is 1.42 bits per heavy atom. The largest absolute Gasteiger partial charge is 0.378 e. The number of pyridine rings is 1. The molecule has 104 valence electrons. The highest BCUT2D eigenvalue weighted by molar-refractivity contribution is 5.57. The molecular weight excluding hydrogens is 244 g/mol. The van der Waals surface area contributed by atoms with Crippen molar-refractivity contribution in [3.05, 3.63) is 22.2 Å². The molecule has 2 rings (SSSR count). The maximum Gasteiger partial charge on any atom is 0.311 e. The number of hydrogen-bond acceptors (Lipinski definition) is 5. The van der Waals surface area contributed by atoms with E-state index >= 15 is 0 Å². The number of hydrogen-bond donors (Lipinski definition) is 2. The molecule has 0 unspecified atom stereocenters. The molecule has 19 heavy (non-hydrogen) atoms. The van der Waals surface area contributed by atoms with Crippen LogP contribution in [0.3, 0.4) is 0 Å². The summed E-state index contributed by atoms with van der Waals surface area (Å²) >= 11 is 0. The Kier molecular flexibility index (Phi) is 4.54. The molecule has 1 heterocycles. The lowest BCUT2D eigenvalue weighted by Gasteiger charge is -2.09. The number of nitrogens with one attached hydrogen (secondary N) is 1. The van der Waals surface area contributed by atoms with Gasteiger partial charge < -0.3 is 11.1 Å². The Balaban J connectivity index is 1.76. The smallest absolute Gasteiger partial charge is 0.311 e. The highest BCUT2D eigenvalue weighted by Gasteiger charge is 2.14. The summed E-state index contributed by atoms with van der Waals surface area (Å²) in [5.41, 5.74) is 5.39. The third-order valence-electron chi connectivity index (χ3n) is 3.67. The summed E-state index contributed by atoms with van der Waals surface area (Å²) < 4.78 is 0. The van der Waals surface area contributed by atoms with Crippen LogP contribution in [0.15, 0.2) is 12.1 Å². The summed E-state index contributed by atoms with van der Waals surface area (Å²) in [4.78, 5) is 14.1. The average Bonchev–Trinajstić information content (AvgIpc) is 2.87. The molecule has 0 bridgehead atoms. The van der Waals surface area contributed by atoms with Crippen LogP contribution in [0.25, 0.3) is 0 Å². The highest BCUT2D eigenvalue weighted by Crippen LogP contribution is 2.28. The van der Waals surface area contributed by atoms with Gasteiger partial charge in [0.25, 0.3) is 0 Å². The fourth-order valence-electron chi connectivity index (χ4n) is 2.63. The van der Waals surface area contributed by atoms with Crippen LogP contribution >= 0.6 is 0 Å². The van der Waals surface area contributed by atoms with Crippen LogP contribution in [0, 0.1) is 16.0 Å². The molecule has 1 fully saturated rings. The van der Waals surface area contributed by atoms with E-state index in [9.17, 15) is 10.1 Å². The molecule has 0 radical (unpaired) electrons. The van der Waals surface area contributed by atoms with Gasteiger partial charge in [-0.1, -0.05) is 25.7 Å². The van der Waals surface area contributed by atoms with Gasteiger partial charge in [-0.05, 0) is 24.8 Å². The summed E-state index contributed by atoms with van der Waals surface area (Å²) in [7, 11) is 0. The van der Waals surface area contributed by atoms with Gasteiger partial charge in [-0.15, -0.1) is 0 Å². The molecule has 0 aromatic carbocycles. The van der Waals surface area contributed by atoms with Crippen molar-refractivity contribution < 1.29 is 4.92 Å². The molecule has 1 aromatic heterocycles. The van der Waals surface area contributed by atoms with Crippen LogP contribution in [-0.4, -0.2) is 16.5 Å². The van der Waals surface area contributed by atoms with E-state index in [-0.39, 0.29) is 11.5 Å². The zero-order chi connectivity index (χ0) is 13.7. The number of anilines is 2. The maximum atomic E-state index is 10.6. The number of nitrogens with two attached hydrogens (primary N) is 1. The van der Waals surface area contributed by atoms with Crippen LogP contribution in [0.1, 0.15) is 38.5 Å². The molecule has 6 heteroatoms. The fraction of sp³-hybridized carbons (Fsp3) is 0.615.